The molecule has 18 heavy (non-hydrogen) atoms. The number of hydrogen-bond acceptors (Lipinski definition) is 0. The van der Waals surface area contributed by atoms with E-state index < -0.39 is 35.2 Å². The molecule has 0 nitrogen and oxygen atoms in total. The molecule has 0 radical (unpaired) electrons. The molecule has 0 amide bonds. The Morgan fingerprint density at radius 1 is 0.833 bits per heavy atom. The van der Waals surface area contributed by atoms with Crippen LogP contribution in [0.5, 0.6) is 0 Å². The quantitative estimate of drug-likeness (QED) is 0.428. The Kier molecular flexibility index (Phi) is 2.03. The molecule has 3 aliphatic carbocycles. The average Bonchev–Trinajstić information content (AvgIpc) is 2.06. The largest absolute Gasteiger partial charge is 0.484 e. The Balaban J connectivity index is 1.91. The number of halogens is 6. The SMILES string of the molecule is Fc1cc(F)c(C23CC([B-](F)(F)F)(C2)C3)cc1F. The highest BCUT2D eigenvalue weighted by Gasteiger charge is 2.74. The molecule has 0 N–H and O–H groups in total. The van der Waals surface area contributed by atoms with Crippen LogP contribution in [0.25, 0.3) is 0 Å². The van der Waals surface area contributed by atoms with Crippen molar-refractivity contribution in [3.8, 4) is 0 Å². The van der Waals surface area contributed by atoms with Crippen molar-refractivity contribution in [2.45, 2.75) is 30.0 Å². The average molecular weight is 265 g/mol. The van der Waals surface area contributed by atoms with Crippen molar-refractivity contribution in [2.24, 2.45) is 0 Å². The van der Waals surface area contributed by atoms with E-state index in [0.29, 0.717) is 12.1 Å². The van der Waals surface area contributed by atoms with Crippen molar-refractivity contribution >= 4 is 6.98 Å². The van der Waals surface area contributed by atoms with Gasteiger partial charge >= 0.3 is 6.98 Å². The van der Waals surface area contributed by atoms with Gasteiger partial charge in [-0.1, -0.05) is 24.6 Å². The van der Waals surface area contributed by atoms with E-state index in [1.54, 1.807) is 0 Å². The van der Waals surface area contributed by atoms with Crippen molar-refractivity contribution in [1.29, 1.82) is 0 Å². The first-order valence-electron chi connectivity index (χ1n) is 5.54. The molecule has 3 fully saturated rings. The van der Waals surface area contributed by atoms with E-state index >= 15 is 0 Å². The molecule has 0 saturated heterocycles. The molecule has 0 heterocycles. The lowest BCUT2D eigenvalue weighted by atomic mass is 9.23. The molecule has 4 rings (SSSR count). The Labute approximate surface area is 99.0 Å². The maximum atomic E-state index is 13.5. The Hall–Kier alpha value is -1.14. The molecular weight excluding hydrogens is 257 g/mol. The van der Waals surface area contributed by atoms with Crippen LogP contribution in [0.15, 0.2) is 12.1 Å². The van der Waals surface area contributed by atoms with Crippen LogP contribution in [0.4, 0.5) is 26.1 Å². The third-order valence-corrected chi connectivity index (χ3v) is 4.35. The van der Waals surface area contributed by atoms with E-state index in [1.165, 1.54) is 0 Å². The molecule has 0 aliphatic heterocycles. The fourth-order valence-corrected chi connectivity index (χ4v) is 3.43. The minimum absolute atomic E-state index is 0.122. The predicted molar refractivity (Wildman–Crippen MR) is 53.6 cm³/mol. The zero-order chi connectivity index (χ0) is 13.3. The highest BCUT2D eigenvalue weighted by molar-refractivity contribution is 6.63. The van der Waals surface area contributed by atoms with Crippen molar-refractivity contribution in [3.63, 3.8) is 0 Å². The van der Waals surface area contributed by atoms with Gasteiger partial charge in [0.15, 0.2) is 11.6 Å². The van der Waals surface area contributed by atoms with Gasteiger partial charge in [-0.25, -0.2) is 13.2 Å². The zero-order valence-electron chi connectivity index (χ0n) is 9.12. The molecule has 7 heteroatoms. The molecule has 1 aromatic rings. The number of benzene rings is 1. The first-order chi connectivity index (χ1) is 8.19. The van der Waals surface area contributed by atoms with Crippen LogP contribution >= 0.6 is 0 Å². The second kappa shape index (κ2) is 3.06. The summed E-state index contributed by atoms with van der Waals surface area (Å²) in [4.78, 5) is 0. The highest BCUT2D eigenvalue weighted by atomic mass is 19.4. The molecule has 0 aromatic heterocycles. The molecule has 0 spiro atoms. The molecule has 1 aromatic carbocycles. The lowest BCUT2D eigenvalue weighted by molar-refractivity contribution is -0.0427. The van der Waals surface area contributed by atoms with Crippen LogP contribution in [-0.4, -0.2) is 6.98 Å². The molecule has 3 aliphatic rings. The van der Waals surface area contributed by atoms with Crippen LogP contribution in [-0.2, 0) is 5.41 Å². The van der Waals surface area contributed by atoms with Gasteiger partial charge in [0.1, 0.15) is 5.82 Å². The van der Waals surface area contributed by atoms with Crippen LogP contribution in [0.3, 0.4) is 0 Å². The minimum atomic E-state index is -4.95. The van der Waals surface area contributed by atoms with E-state index in [1.807, 2.05) is 0 Å². The van der Waals surface area contributed by atoms with Crippen LogP contribution in [0, 0.1) is 17.5 Å². The summed E-state index contributed by atoms with van der Waals surface area (Å²) in [6, 6.07) is 1.09. The third-order valence-electron chi connectivity index (χ3n) is 4.35. The summed E-state index contributed by atoms with van der Waals surface area (Å²) < 4.78 is 77.4. The van der Waals surface area contributed by atoms with Gasteiger partial charge in [0.25, 0.3) is 0 Å². The van der Waals surface area contributed by atoms with Gasteiger partial charge in [-0.15, -0.1) is 0 Å². The normalized spacial score (nSPS) is 33.9. The van der Waals surface area contributed by atoms with Gasteiger partial charge in [0, 0.05) is 6.07 Å². The van der Waals surface area contributed by atoms with Gasteiger partial charge in [0.2, 0.25) is 0 Å². The molecule has 2 bridgehead atoms. The topological polar surface area (TPSA) is 0 Å². The smallest absolute Gasteiger partial charge is 0.449 e. The second-order valence-corrected chi connectivity index (χ2v) is 5.49. The molecule has 0 unspecified atom stereocenters. The van der Waals surface area contributed by atoms with Crippen LogP contribution in [0.1, 0.15) is 24.8 Å². The predicted octanol–water partition coefficient (Wildman–Crippen LogP) is 4.13. The maximum Gasteiger partial charge on any atom is 0.484 e. The number of hydrogen-bond donors (Lipinski definition) is 0. The second-order valence-electron chi connectivity index (χ2n) is 5.49. The minimum Gasteiger partial charge on any atom is -0.449 e. The van der Waals surface area contributed by atoms with Gasteiger partial charge in [-0.3, -0.25) is 0 Å². The first-order valence-corrected chi connectivity index (χ1v) is 5.54. The standard InChI is InChI=1S/C11H8BF6/c13-7-2-9(15)8(14)1-6(7)10-3-11(4-10,5-10)12(16,17)18/h1-2H,3-5H2/q-1. The zero-order valence-corrected chi connectivity index (χ0v) is 9.12. The summed E-state index contributed by atoms with van der Waals surface area (Å²) in [6.07, 6.45) is -0.609. The summed E-state index contributed by atoms with van der Waals surface area (Å²) in [6.45, 7) is -4.95. The summed E-state index contributed by atoms with van der Waals surface area (Å²) in [7, 11) is 0. The fourth-order valence-electron chi connectivity index (χ4n) is 3.43. The van der Waals surface area contributed by atoms with Gasteiger partial charge in [-0.05, 0) is 17.0 Å². The maximum absolute atomic E-state index is 13.5. The molecule has 0 atom stereocenters. The highest BCUT2D eigenvalue weighted by Crippen LogP contribution is 2.82. The lowest BCUT2D eigenvalue weighted by Gasteiger charge is -2.75. The Morgan fingerprint density at radius 2 is 1.33 bits per heavy atom. The Bertz CT molecular complexity index is 515. The summed E-state index contributed by atoms with van der Waals surface area (Å²) in [5, 5.41) is -1.67. The van der Waals surface area contributed by atoms with Crippen molar-refractivity contribution < 1.29 is 26.1 Å². The Morgan fingerprint density at radius 3 is 1.83 bits per heavy atom. The van der Waals surface area contributed by atoms with Gasteiger partial charge in [0.05, 0.1) is 0 Å². The summed E-state index contributed by atoms with van der Waals surface area (Å²) in [5.74, 6) is -3.50. The van der Waals surface area contributed by atoms with E-state index in [4.69, 9.17) is 0 Å². The third kappa shape index (κ3) is 1.25. The van der Waals surface area contributed by atoms with Crippen molar-refractivity contribution in [3.05, 3.63) is 35.1 Å². The van der Waals surface area contributed by atoms with Crippen molar-refractivity contribution in [1.82, 2.24) is 0 Å². The summed E-state index contributed by atoms with van der Waals surface area (Å²) >= 11 is 0. The van der Waals surface area contributed by atoms with Gasteiger partial charge < -0.3 is 12.9 Å². The number of rotatable bonds is 2. The van der Waals surface area contributed by atoms with E-state index in [-0.39, 0.29) is 24.8 Å². The molecule has 98 valence electrons. The van der Waals surface area contributed by atoms with E-state index in [2.05, 4.69) is 0 Å². The van der Waals surface area contributed by atoms with Gasteiger partial charge in [-0.2, -0.15) is 0 Å². The van der Waals surface area contributed by atoms with Crippen LogP contribution in [0.2, 0.25) is 5.31 Å². The molecule has 3 saturated carbocycles. The lowest BCUT2D eigenvalue weighted by Crippen LogP contribution is -2.67. The first kappa shape index (κ1) is 11.9. The molecular formula is C11H8BF6-. The summed E-state index contributed by atoms with van der Waals surface area (Å²) in [5.41, 5.74) is -1.06. The monoisotopic (exact) mass is 265 g/mol. The fraction of sp³-hybridized carbons (Fsp3) is 0.455. The van der Waals surface area contributed by atoms with E-state index in [0.717, 1.165) is 0 Å². The van der Waals surface area contributed by atoms with Crippen molar-refractivity contribution in [2.75, 3.05) is 0 Å². The van der Waals surface area contributed by atoms with E-state index in [9.17, 15) is 26.1 Å². The van der Waals surface area contributed by atoms with Crippen LogP contribution < -0.4 is 0 Å².